The van der Waals surface area contributed by atoms with Gasteiger partial charge in [-0.05, 0) is 42.2 Å². The number of anilines is 1. The van der Waals surface area contributed by atoms with E-state index in [-0.39, 0.29) is 13.4 Å². The van der Waals surface area contributed by atoms with Gasteiger partial charge in [-0.15, -0.1) is 11.8 Å². The second-order valence-electron chi connectivity index (χ2n) is 5.30. The minimum absolute atomic E-state index is 0.194. The molecule has 1 aliphatic rings. The van der Waals surface area contributed by atoms with E-state index in [4.69, 9.17) is 14.2 Å². The number of carbonyl (C=O) groups is 2. The SMILES string of the molecule is CSc1ccccc1NC(=O)COC(=O)C=Cc1ccc2c(c1)OCO2. The topological polar surface area (TPSA) is 73.9 Å². The maximum Gasteiger partial charge on any atom is 0.331 e. The predicted molar refractivity (Wildman–Crippen MR) is 99.4 cm³/mol. The quantitative estimate of drug-likeness (QED) is 0.477. The van der Waals surface area contributed by atoms with Gasteiger partial charge < -0.3 is 19.5 Å². The van der Waals surface area contributed by atoms with Crippen LogP contribution in [0.15, 0.2) is 53.4 Å². The highest BCUT2D eigenvalue weighted by molar-refractivity contribution is 7.98. The van der Waals surface area contributed by atoms with Gasteiger partial charge in [0.15, 0.2) is 18.1 Å². The highest BCUT2D eigenvalue weighted by Gasteiger charge is 2.12. The Kier molecular flexibility index (Phi) is 5.80. The summed E-state index contributed by atoms with van der Waals surface area (Å²) in [6, 6.07) is 12.7. The fraction of sp³-hybridized carbons (Fsp3) is 0.158. The first kappa shape index (κ1) is 17.9. The Balaban J connectivity index is 1.50. The fourth-order valence-electron chi connectivity index (χ4n) is 2.30. The first-order valence-corrected chi connectivity index (χ1v) is 9.05. The van der Waals surface area contributed by atoms with Gasteiger partial charge in [-0.2, -0.15) is 0 Å². The molecule has 1 N–H and O–H groups in total. The Morgan fingerprint density at radius 2 is 2.00 bits per heavy atom. The van der Waals surface area contributed by atoms with E-state index in [9.17, 15) is 9.59 Å². The van der Waals surface area contributed by atoms with Crippen LogP contribution in [-0.2, 0) is 14.3 Å². The zero-order valence-electron chi connectivity index (χ0n) is 14.1. The molecule has 0 aliphatic carbocycles. The molecule has 0 saturated carbocycles. The minimum Gasteiger partial charge on any atom is -0.454 e. The Morgan fingerprint density at radius 3 is 2.85 bits per heavy atom. The van der Waals surface area contributed by atoms with Crippen LogP contribution in [0.25, 0.3) is 6.08 Å². The van der Waals surface area contributed by atoms with Gasteiger partial charge >= 0.3 is 5.97 Å². The van der Waals surface area contributed by atoms with Gasteiger partial charge in [-0.25, -0.2) is 4.79 Å². The molecule has 1 heterocycles. The van der Waals surface area contributed by atoms with E-state index < -0.39 is 11.9 Å². The van der Waals surface area contributed by atoms with Crippen molar-refractivity contribution in [2.45, 2.75) is 4.90 Å². The number of carbonyl (C=O) groups excluding carboxylic acids is 2. The summed E-state index contributed by atoms with van der Waals surface area (Å²) < 4.78 is 15.5. The Labute approximate surface area is 155 Å². The Hall–Kier alpha value is -2.93. The predicted octanol–water partition coefficient (Wildman–Crippen LogP) is 3.33. The largest absolute Gasteiger partial charge is 0.454 e. The van der Waals surface area contributed by atoms with Crippen molar-refractivity contribution in [3.63, 3.8) is 0 Å². The molecule has 0 aromatic heterocycles. The summed E-state index contributed by atoms with van der Waals surface area (Å²) >= 11 is 1.52. The number of nitrogens with one attached hydrogen (secondary N) is 1. The smallest absolute Gasteiger partial charge is 0.331 e. The van der Waals surface area contributed by atoms with E-state index in [2.05, 4.69) is 5.32 Å². The summed E-state index contributed by atoms with van der Waals surface area (Å²) in [5.74, 6) is 0.312. The molecular weight excluding hydrogens is 354 g/mol. The van der Waals surface area contributed by atoms with E-state index in [0.717, 1.165) is 10.5 Å². The van der Waals surface area contributed by atoms with Crippen molar-refractivity contribution >= 4 is 35.4 Å². The van der Waals surface area contributed by atoms with Crippen molar-refractivity contribution < 1.29 is 23.8 Å². The van der Waals surface area contributed by atoms with Crippen molar-refractivity contribution in [1.82, 2.24) is 0 Å². The molecule has 0 radical (unpaired) electrons. The van der Waals surface area contributed by atoms with Gasteiger partial charge in [0.05, 0.1) is 5.69 Å². The molecule has 2 aromatic carbocycles. The second kappa shape index (κ2) is 8.44. The molecule has 0 saturated heterocycles. The number of esters is 1. The van der Waals surface area contributed by atoms with Crippen molar-refractivity contribution in [1.29, 1.82) is 0 Å². The number of benzene rings is 2. The average molecular weight is 371 g/mol. The molecular formula is C19H17NO5S. The lowest BCUT2D eigenvalue weighted by Crippen LogP contribution is -2.20. The lowest BCUT2D eigenvalue weighted by Gasteiger charge is -2.09. The molecule has 3 rings (SSSR count). The van der Waals surface area contributed by atoms with Crippen LogP contribution in [-0.4, -0.2) is 31.5 Å². The molecule has 1 amide bonds. The van der Waals surface area contributed by atoms with Gasteiger partial charge in [0, 0.05) is 11.0 Å². The average Bonchev–Trinajstić information content (AvgIpc) is 3.13. The van der Waals surface area contributed by atoms with Crippen LogP contribution in [0.3, 0.4) is 0 Å². The number of hydrogen-bond donors (Lipinski definition) is 1. The summed E-state index contributed by atoms with van der Waals surface area (Å²) in [5, 5.41) is 2.73. The molecule has 1 aliphatic heterocycles. The van der Waals surface area contributed by atoms with Crippen LogP contribution in [0.5, 0.6) is 11.5 Å². The number of fused-ring (bicyclic) bond motifs is 1. The van der Waals surface area contributed by atoms with Gasteiger partial charge in [0.2, 0.25) is 6.79 Å². The molecule has 0 bridgehead atoms. The maximum absolute atomic E-state index is 11.9. The number of rotatable bonds is 6. The van der Waals surface area contributed by atoms with Gasteiger partial charge in [-0.1, -0.05) is 18.2 Å². The molecule has 134 valence electrons. The van der Waals surface area contributed by atoms with E-state index in [1.165, 1.54) is 17.8 Å². The standard InChI is InChI=1S/C19H17NO5S/c1-26-17-5-3-2-4-14(17)20-18(21)11-23-19(22)9-7-13-6-8-15-16(10-13)25-12-24-15/h2-10H,11-12H2,1H3,(H,20,21). The van der Waals surface area contributed by atoms with Gasteiger partial charge in [-0.3, -0.25) is 4.79 Å². The lowest BCUT2D eigenvalue weighted by molar-refractivity contribution is -0.142. The van der Waals surface area contributed by atoms with E-state index >= 15 is 0 Å². The summed E-state index contributed by atoms with van der Waals surface area (Å²) in [4.78, 5) is 24.7. The first-order chi connectivity index (χ1) is 12.7. The number of thioether (sulfide) groups is 1. The third kappa shape index (κ3) is 4.58. The zero-order valence-corrected chi connectivity index (χ0v) is 14.9. The summed E-state index contributed by atoms with van der Waals surface area (Å²) in [5.41, 5.74) is 1.46. The van der Waals surface area contributed by atoms with Crippen LogP contribution in [0.2, 0.25) is 0 Å². The first-order valence-electron chi connectivity index (χ1n) is 7.83. The van der Waals surface area contributed by atoms with E-state index in [1.807, 2.05) is 24.5 Å². The van der Waals surface area contributed by atoms with Crippen LogP contribution in [0.4, 0.5) is 5.69 Å². The van der Waals surface area contributed by atoms with Crippen LogP contribution in [0.1, 0.15) is 5.56 Å². The number of ether oxygens (including phenoxy) is 3. The Morgan fingerprint density at radius 1 is 1.19 bits per heavy atom. The Bertz CT molecular complexity index is 850. The van der Waals surface area contributed by atoms with Gasteiger partial charge in [0.25, 0.3) is 5.91 Å². The fourth-order valence-corrected chi connectivity index (χ4v) is 2.85. The zero-order chi connectivity index (χ0) is 18.4. The lowest BCUT2D eigenvalue weighted by atomic mass is 10.2. The van der Waals surface area contributed by atoms with Crippen LogP contribution >= 0.6 is 11.8 Å². The molecule has 0 spiro atoms. The number of para-hydroxylation sites is 1. The van der Waals surface area contributed by atoms with Crippen LogP contribution < -0.4 is 14.8 Å². The van der Waals surface area contributed by atoms with E-state index in [0.29, 0.717) is 17.2 Å². The van der Waals surface area contributed by atoms with Gasteiger partial charge in [0.1, 0.15) is 0 Å². The molecule has 2 aromatic rings. The normalized spacial score (nSPS) is 12.2. The molecule has 6 nitrogen and oxygen atoms in total. The molecule has 7 heteroatoms. The summed E-state index contributed by atoms with van der Waals surface area (Å²) in [6.45, 7) is -0.160. The highest BCUT2D eigenvalue weighted by Crippen LogP contribution is 2.32. The van der Waals surface area contributed by atoms with E-state index in [1.54, 1.807) is 30.3 Å². The van der Waals surface area contributed by atoms with Crippen molar-refractivity contribution in [3.8, 4) is 11.5 Å². The molecule has 0 atom stereocenters. The molecule has 26 heavy (non-hydrogen) atoms. The van der Waals surface area contributed by atoms with Crippen molar-refractivity contribution in [2.75, 3.05) is 25.0 Å². The van der Waals surface area contributed by atoms with Crippen LogP contribution in [0, 0.1) is 0 Å². The minimum atomic E-state index is -0.601. The summed E-state index contributed by atoms with van der Waals surface area (Å²) in [6.07, 6.45) is 4.78. The maximum atomic E-state index is 11.9. The van der Waals surface area contributed by atoms with Crippen molar-refractivity contribution in [2.24, 2.45) is 0 Å². The summed E-state index contributed by atoms with van der Waals surface area (Å²) in [7, 11) is 0. The molecule has 0 fully saturated rings. The highest BCUT2D eigenvalue weighted by atomic mass is 32.2. The monoisotopic (exact) mass is 371 g/mol. The second-order valence-corrected chi connectivity index (χ2v) is 6.15. The number of amides is 1. The van der Waals surface area contributed by atoms with Crippen molar-refractivity contribution in [3.05, 3.63) is 54.1 Å². The third-order valence-electron chi connectivity index (χ3n) is 3.54. The molecule has 0 unspecified atom stereocenters. The third-order valence-corrected chi connectivity index (χ3v) is 4.33. The number of hydrogen-bond acceptors (Lipinski definition) is 6.